The number of allylic oxidation sites excluding steroid dienone is 1. The van der Waals surface area contributed by atoms with Crippen LogP contribution in [0.25, 0.3) is 6.08 Å². The van der Waals surface area contributed by atoms with Gasteiger partial charge in [-0.2, -0.15) is 15.6 Å². The van der Waals surface area contributed by atoms with Gasteiger partial charge in [0.2, 0.25) is 0 Å². The molecule has 0 aliphatic carbocycles. The first kappa shape index (κ1) is 24.9. The number of hydrogen-bond acceptors (Lipinski definition) is 7. The molecule has 3 aromatic carbocycles. The van der Waals surface area contributed by atoms with Crippen molar-refractivity contribution in [3.8, 4) is 17.9 Å². The van der Waals surface area contributed by atoms with Crippen molar-refractivity contribution in [2.24, 2.45) is 16.8 Å². The number of para-hydroxylation sites is 1. The average molecular weight is 589 g/mol. The van der Waals surface area contributed by atoms with Crippen molar-refractivity contribution in [2.45, 2.75) is 12.8 Å². The van der Waals surface area contributed by atoms with Crippen LogP contribution in [0.1, 0.15) is 21.5 Å². The number of anilines is 1. The van der Waals surface area contributed by atoms with Crippen LogP contribution in [0.5, 0.6) is 5.75 Å². The first-order valence-corrected chi connectivity index (χ1v) is 11.9. The molecule has 1 aliphatic rings. The molecule has 9 heteroatoms. The lowest BCUT2D eigenvalue weighted by molar-refractivity contribution is 0.0697. The summed E-state index contributed by atoms with van der Waals surface area (Å²) in [5.74, 6) is -1.08. The van der Waals surface area contributed by atoms with Crippen LogP contribution in [0, 0.1) is 32.2 Å². The van der Waals surface area contributed by atoms with Crippen LogP contribution in [0.3, 0.4) is 0 Å². The van der Waals surface area contributed by atoms with Gasteiger partial charge in [-0.15, -0.1) is 0 Å². The Balaban J connectivity index is 1.54. The summed E-state index contributed by atoms with van der Waals surface area (Å²) in [5, 5.41) is 34.7. The van der Waals surface area contributed by atoms with E-state index in [4.69, 9.17) is 15.6 Å². The van der Waals surface area contributed by atoms with Crippen LogP contribution in [-0.4, -0.2) is 23.0 Å². The van der Waals surface area contributed by atoms with Crippen molar-refractivity contribution in [2.75, 3.05) is 5.01 Å². The Morgan fingerprint density at radius 2 is 1.86 bits per heavy atom. The Labute approximate surface area is 221 Å². The van der Waals surface area contributed by atoms with Crippen molar-refractivity contribution in [1.29, 1.82) is 10.5 Å². The minimum Gasteiger partial charge on any atom is -0.488 e. The van der Waals surface area contributed by atoms with E-state index in [2.05, 4.69) is 39.8 Å². The monoisotopic (exact) mass is 589 g/mol. The van der Waals surface area contributed by atoms with Crippen LogP contribution in [0.4, 0.5) is 5.69 Å². The zero-order valence-electron chi connectivity index (χ0n) is 18.9. The molecule has 0 saturated heterocycles. The molecule has 0 radical (unpaired) electrons. The molecule has 3 N–H and O–H groups in total. The summed E-state index contributed by atoms with van der Waals surface area (Å²) < 4.78 is 6.72. The number of nitriles is 2. The van der Waals surface area contributed by atoms with Crippen LogP contribution in [0.2, 0.25) is 0 Å². The van der Waals surface area contributed by atoms with Gasteiger partial charge in [0.15, 0.2) is 0 Å². The van der Waals surface area contributed by atoms with Gasteiger partial charge in [0, 0.05) is 0 Å². The Morgan fingerprint density at radius 3 is 2.47 bits per heavy atom. The molecule has 0 unspecified atom stereocenters. The number of carboxylic acids is 1. The highest BCUT2D eigenvalue weighted by Crippen LogP contribution is 2.30. The minimum absolute atomic E-state index is 0.219. The molecular weight excluding hydrogens is 569 g/mol. The maximum atomic E-state index is 11.0. The lowest BCUT2D eigenvalue weighted by atomic mass is 9.95. The van der Waals surface area contributed by atoms with Crippen molar-refractivity contribution in [3.63, 3.8) is 0 Å². The summed E-state index contributed by atoms with van der Waals surface area (Å²) in [6, 6.07) is 25.6. The number of hydrogen-bond donors (Lipinski definition) is 2. The molecule has 3 aromatic rings. The predicted octanol–water partition coefficient (Wildman–Crippen LogP) is 4.78. The third-order valence-corrected chi connectivity index (χ3v) is 6.40. The highest BCUT2D eigenvalue weighted by atomic mass is 127. The van der Waals surface area contributed by atoms with Gasteiger partial charge in [-0.05, 0) is 76.2 Å². The molecule has 0 aromatic heterocycles. The van der Waals surface area contributed by atoms with E-state index >= 15 is 0 Å². The number of nitrogens with zero attached hydrogens (tertiary/aromatic N) is 4. The van der Waals surface area contributed by atoms with E-state index in [0.717, 1.165) is 20.4 Å². The van der Waals surface area contributed by atoms with Crippen molar-refractivity contribution >= 4 is 46.0 Å². The number of benzene rings is 3. The first-order valence-electron chi connectivity index (χ1n) is 10.9. The fourth-order valence-corrected chi connectivity index (χ4v) is 4.37. The summed E-state index contributed by atoms with van der Waals surface area (Å²) in [7, 11) is 0. The van der Waals surface area contributed by atoms with Crippen LogP contribution >= 0.6 is 22.6 Å². The highest BCUT2D eigenvalue weighted by Gasteiger charge is 2.37. The molecule has 8 nitrogen and oxygen atoms in total. The zero-order valence-corrected chi connectivity index (χ0v) is 21.0. The summed E-state index contributed by atoms with van der Waals surface area (Å²) >= 11 is 2.15. The molecule has 0 bridgehead atoms. The Bertz CT molecular complexity index is 1420. The van der Waals surface area contributed by atoms with Crippen LogP contribution < -0.4 is 15.5 Å². The second-order valence-electron chi connectivity index (χ2n) is 7.91. The summed E-state index contributed by atoms with van der Waals surface area (Å²) in [4.78, 5) is 11.0. The molecule has 0 fully saturated rings. The maximum Gasteiger partial charge on any atom is 0.335 e. The number of halogens is 1. The number of hydrazone groups is 1. The van der Waals surface area contributed by atoms with Crippen LogP contribution in [0.15, 0.2) is 83.5 Å². The van der Waals surface area contributed by atoms with Crippen molar-refractivity contribution < 1.29 is 14.6 Å². The number of rotatable bonds is 7. The third kappa shape index (κ3) is 5.38. The minimum atomic E-state index is -0.975. The molecule has 1 aliphatic heterocycles. The molecule has 2 atom stereocenters. The lowest BCUT2D eigenvalue weighted by Crippen LogP contribution is -2.40. The zero-order chi connectivity index (χ0) is 25.7. The number of aromatic carboxylic acids is 1. The highest BCUT2D eigenvalue weighted by molar-refractivity contribution is 14.1. The number of carboxylic acid groups (broad SMARTS) is 1. The van der Waals surface area contributed by atoms with Gasteiger partial charge >= 0.3 is 5.97 Å². The first-order chi connectivity index (χ1) is 17.4. The van der Waals surface area contributed by atoms with E-state index in [1.807, 2.05) is 42.5 Å². The van der Waals surface area contributed by atoms with E-state index in [-0.39, 0.29) is 17.7 Å². The molecular formula is C27H20IN5O3. The standard InChI is InChI=1S/C27H20IN5O3/c28-23-13-18(8-11-24(23)36-16-17-6-9-19(10-7-17)27(34)35)12-20(14-29)25-22(15-30)26(31)33(32-25)21-4-2-1-3-5-21/h1-13,22,26H,16,31H2,(H,34,35)/b20-12-/t22-,26-/m1/s1. The van der Waals surface area contributed by atoms with Gasteiger partial charge in [-0.25, -0.2) is 9.80 Å². The fourth-order valence-electron chi connectivity index (χ4n) is 3.68. The Morgan fingerprint density at radius 1 is 1.14 bits per heavy atom. The quantitative estimate of drug-likeness (QED) is 0.299. The van der Waals surface area contributed by atoms with Gasteiger partial charge in [0.1, 0.15) is 30.5 Å². The summed E-state index contributed by atoms with van der Waals surface area (Å²) in [6.45, 7) is 0.280. The molecule has 4 rings (SSSR count). The lowest BCUT2D eigenvalue weighted by Gasteiger charge is -2.21. The van der Waals surface area contributed by atoms with Crippen molar-refractivity contribution in [3.05, 3.63) is 98.6 Å². The molecule has 0 spiro atoms. The Hall–Kier alpha value is -4.19. The maximum absolute atomic E-state index is 11.0. The summed E-state index contributed by atoms with van der Waals surface area (Å²) in [5.41, 5.74) is 9.44. The second-order valence-corrected chi connectivity index (χ2v) is 9.08. The SMILES string of the molecule is N#C/C(=C/c1ccc(OCc2ccc(C(=O)O)cc2)c(I)c1)C1=NN(c2ccccc2)[C@@H](N)[C@@H]1C#N. The van der Waals surface area contributed by atoms with E-state index in [1.165, 1.54) is 12.1 Å². The molecule has 178 valence electrons. The number of carbonyl (C=O) groups is 1. The van der Waals surface area contributed by atoms with Gasteiger partial charge in [-0.1, -0.05) is 36.4 Å². The van der Waals surface area contributed by atoms with Crippen molar-refractivity contribution in [1.82, 2.24) is 0 Å². The third-order valence-electron chi connectivity index (χ3n) is 5.55. The fraction of sp³-hybridized carbons (Fsp3) is 0.111. The molecule has 0 saturated carbocycles. The van der Waals surface area contributed by atoms with E-state index in [1.54, 1.807) is 29.3 Å². The molecule has 36 heavy (non-hydrogen) atoms. The number of ether oxygens (including phenoxy) is 1. The predicted molar refractivity (Wildman–Crippen MR) is 144 cm³/mol. The van der Waals surface area contributed by atoms with Gasteiger partial charge in [0.05, 0.1) is 32.2 Å². The second kappa shape index (κ2) is 11.0. The van der Waals surface area contributed by atoms with Gasteiger partial charge in [-0.3, -0.25) is 0 Å². The van der Waals surface area contributed by atoms with Gasteiger partial charge in [0.25, 0.3) is 0 Å². The molecule has 0 amide bonds. The normalized spacial score (nSPS) is 17.2. The average Bonchev–Trinajstić information content (AvgIpc) is 3.23. The largest absolute Gasteiger partial charge is 0.488 e. The topological polar surface area (TPSA) is 136 Å². The van der Waals surface area contributed by atoms with Gasteiger partial charge < -0.3 is 15.6 Å². The summed E-state index contributed by atoms with van der Waals surface area (Å²) in [6.07, 6.45) is 0.977. The molecule has 1 heterocycles. The van der Waals surface area contributed by atoms with Crippen LogP contribution in [-0.2, 0) is 6.61 Å². The van der Waals surface area contributed by atoms with E-state index in [0.29, 0.717) is 11.5 Å². The van der Waals surface area contributed by atoms with E-state index in [9.17, 15) is 15.3 Å². The number of nitrogens with two attached hydrogens (primary N) is 1. The smallest absolute Gasteiger partial charge is 0.335 e. The Kier molecular flexibility index (Phi) is 7.64. The van der Waals surface area contributed by atoms with E-state index < -0.39 is 18.1 Å².